The molecule has 0 spiro atoms. The van der Waals surface area contributed by atoms with Crippen molar-refractivity contribution in [2.24, 2.45) is 4.99 Å². The molecule has 0 aromatic carbocycles. The van der Waals surface area contributed by atoms with Crippen LogP contribution in [0.2, 0.25) is 0 Å². The van der Waals surface area contributed by atoms with Gasteiger partial charge in [0.1, 0.15) is 6.54 Å². The molecule has 1 aliphatic heterocycles. The van der Waals surface area contributed by atoms with Crippen molar-refractivity contribution in [3.63, 3.8) is 0 Å². The summed E-state index contributed by atoms with van der Waals surface area (Å²) in [6.45, 7) is 10.8. The molecule has 26 heavy (non-hydrogen) atoms. The molecule has 0 aliphatic carbocycles. The summed E-state index contributed by atoms with van der Waals surface area (Å²) in [6, 6.07) is 1.97. The third-order valence-electron chi connectivity index (χ3n) is 4.04. The Morgan fingerprint density at radius 2 is 2.12 bits per heavy atom. The van der Waals surface area contributed by atoms with Crippen molar-refractivity contribution in [2.75, 3.05) is 32.9 Å². The van der Waals surface area contributed by atoms with Gasteiger partial charge in [-0.05, 0) is 32.1 Å². The molecule has 0 bridgehead atoms. The molecule has 1 fully saturated rings. The lowest BCUT2D eigenvalue weighted by atomic mass is 10.1. The van der Waals surface area contributed by atoms with Crippen LogP contribution in [-0.4, -0.2) is 50.1 Å². The van der Waals surface area contributed by atoms with E-state index in [0.29, 0.717) is 18.6 Å². The molecule has 150 valence electrons. The molecule has 1 aromatic heterocycles. The smallest absolute Gasteiger partial charge is 0.191 e. The first-order valence-electron chi connectivity index (χ1n) is 9.36. The summed E-state index contributed by atoms with van der Waals surface area (Å²) in [5, 5.41) is 10.6. The predicted octanol–water partition coefficient (Wildman–Crippen LogP) is 3.06. The minimum atomic E-state index is 0. The zero-order valence-corrected chi connectivity index (χ0v) is 18.5. The van der Waals surface area contributed by atoms with Crippen LogP contribution in [0.15, 0.2) is 15.6 Å². The molecule has 0 saturated carbocycles. The van der Waals surface area contributed by atoms with Gasteiger partial charge in [0, 0.05) is 39.0 Å². The van der Waals surface area contributed by atoms with E-state index in [1.165, 1.54) is 0 Å². The summed E-state index contributed by atoms with van der Waals surface area (Å²) in [6.07, 6.45) is 3.32. The lowest BCUT2D eigenvalue weighted by molar-refractivity contribution is -0.0320. The molecule has 0 unspecified atom stereocenters. The third kappa shape index (κ3) is 8.68. The number of nitrogens with one attached hydrogen (secondary N) is 2. The van der Waals surface area contributed by atoms with E-state index in [9.17, 15) is 0 Å². The topological polar surface area (TPSA) is 80.9 Å². The highest BCUT2D eigenvalue weighted by atomic mass is 127. The quantitative estimate of drug-likeness (QED) is 0.245. The van der Waals surface area contributed by atoms with E-state index in [1.807, 2.05) is 6.07 Å². The van der Waals surface area contributed by atoms with E-state index in [2.05, 4.69) is 41.6 Å². The molecule has 0 atom stereocenters. The minimum Gasteiger partial charge on any atom is -0.381 e. The van der Waals surface area contributed by atoms with Crippen LogP contribution in [0.3, 0.4) is 0 Å². The molecule has 2 N–H and O–H groups in total. The highest BCUT2D eigenvalue weighted by Gasteiger charge is 2.13. The van der Waals surface area contributed by atoms with Gasteiger partial charge < -0.3 is 24.6 Å². The fourth-order valence-corrected chi connectivity index (χ4v) is 2.55. The van der Waals surface area contributed by atoms with Gasteiger partial charge in [0.2, 0.25) is 0 Å². The molecular weight excluding hydrogens is 447 g/mol. The van der Waals surface area contributed by atoms with Crippen LogP contribution < -0.4 is 10.6 Å². The number of aliphatic imine (C=N–C) groups is 1. The van der Waals surface area contributed by atoms with E-state index in [4.69, 9.17) is 14.0 Å². The highest BCUT2D eigenvalue weighted by molar-refractivity contribution is 14.0. The Morgan fingerprint density at radius 1 is 1.35 bits per heavy atom. The number of nitrogens with zero attached hydrogens (tertiary/aromatic N) is 2. The number of hydrogen-bond acceptors (Lipinski definition) is 5. The van der Waals surface area contributed by atoms with Gasteiger partial charge in [0.25, 0.3) is 0 Å². The molecule has 0 amide bonds. The number of guanidine groups is 1. The number of halogens is 1. The number of hydrogen-bond donors (Lipinski definition) is 2. The third-order valence-corrected chi connectivity index (χ3v) is 4.04. The first kappa shape index (κ1) is 23.2. The Bertz CT molecular complexity index is 516. The van der Waals surface area contributed by atoms with Gasteiger partial charge in [0.05, 0.1) is 11.8 Å². The van der Waals surface area contributed by atoms with E-state index in [1.54, 1.807) is 0 Å². The second kappa shape index (κ2) is 13.3. The first-order valence-corrected chi connectivity index (χ1v) is 9.36. The Hall–Kier alpha value is -0.870. The lowest BCUT2D eigenvalue weighted by Crippen LogP contribution is -2.38. The van der Waals surface area contributed by atoms with Gasteiger partial charge in [-0.15, -0.1) is 24.0 Å². The second-order valence-corrected chi connectivity index (χ2v) is 6.53. The van der Waals surface area contributed by atoms with Gasteiger partial charge >= 0.3 is 0 Å². The summed E-state index contributed by atoms with van der Waals surface area (Å²) in [7, 11) is 0. The summed E-state index contributed by atoms with van der Waals surface area (Å²) < 4.78 is 16.5. The second-order valence-electron chi connectivity index (χ2n) is 6.53. The molecule has 7 nitrogen and oxygen atoms in total. The summed E-state index contributed by atoms with van der Waals surface area (Å²) >= 11 is 0. The van der Waals surface area contributed by atoms with Gasteiger partial charge in [-0.2, -0.15) is 0 Å². The Labute approximate surface area is 173 Å². The Morgan fingerprint density at radius 3 is 2.77 bits per heavy atom. The van der Waals surface area contributed by atoms with Crippen molar-refractivity contribution in [3.8, 4) is 0 Å². The standard InChI is InChI=1S/C18H32N4O3.HI/c1-4-19-18(21-13-16-12-17(14(2)3)22-25-16)20-8-5-9-24-15-6-10-23-11-7-15;/h12,14-15H,4-11,13H2,1-3H3,(H2,19,20,21);1H. The van der Waals surface area contributed by atoms with Gasteiger partial charge in [-0.25, -0.2) is 4.99 Å². The lowest BCUT2D eigenvalue weighted by Gasteiger charge is -2.22. The van der Waals surface area contributed by atoms with Crippen molar-refractivity contribution >= 4 is 29.9 Å². The maximum absolute atomic E-state index is 5.88. The predicted molar refractivity (Wildman–Crippen MR) is 113 cm³/mol. The SMILES string of the molecule is CCNC(=NCc1cc(C(C)C)no1)NCCCOC1CCOCC1.I. The number of rotatable bonds is 9. The van der Waals surface area contributed by atoms with Crippen molar-refractivity contribution < 1.29 is 14.0 Å². The Balaban J connectivity index is 0.00000338. The average molecular weight is 480 g/mol. The van der Waals surface area contributed by atoms with Crippen molar-refractivity contribution in [1.29, 1.82) is 0 Å². The van der Waals surface area contributed by atoms with Gasteiger partial charge in [0.15, 0.2) is 11.7 Å². The van der Waals surface area contributed by atoms with Gasteiger partial charge in [-0.1, -0.05) is 19.0 Å². The number of aromatic nitrogens is 1. The van der Waals surface area contributed by atoms with E-state index in [0.717, 1.165) is 69.6 Å². The van der Waals surface area contributed by atoms with Crippen LogP contribution in [0.1, 0.15) is 57.4 Å². The van der Waals surface area contributed by atoms with Crippen LogP contribution in [0, 0.1) is 0 Å². The van der Waals surface area contributed by atoms with Crippen LogP contribution in [-0.2, 0) is 16.0 Å². The van der Waals surface area contributed by atoms with Crippen molar-refractivity contribution in [1.82, 2.24) is 15.8 Å². The normalized spacial score (nSPS) is 15.8. The molecule has 1 aliphatic rings. The molecule has 0 radical (unpaired) electrons. The fourth-order valence-electron chi connectivity index (χ4n) is 2.55. The maximum Gasteiger partial charge on any atom is 0.191 e. The van der Waals surface area contributed by atoms with Crippen LogP contribution in [0.25, 0.3) is 0 Å². The van der Waals surface area contributed by atoms with E-state index in [-0.39, 0.29) is 24.0 Å². The summed E-state index contributed by atoms with van der Waals surface area (Å²) in [4.78, 5) is 4.55. The molecular formula is C18H33IN4O3. The monoisotopic (exact) mass is 480 g/mol. The van der Waals surface area contributed by atoms with Crippen LogP contribution in [0.4, 0.5) is 0 Å². The number of ether oxygens (including phenoxy) is 2. The molecule has 1 saturated heterocycles. The average Bonchev–Trinajstić information content (AvgIpc) is 3.09. The van der Waals surface area contributed by atoms with Crippen LogP contribution in [0.5, 0.6) is 0 Å². The van der Waals surface area contributed by atoms with Crippen molar-refractivity contribution in [2.45, 2.75) is 58.6 Å². The molecule has 2 rings (SSSR count). The zero-order valence-electron chi connectivity index (χ0n) is 16.1. The fraction of sp³-hybridized carbons (Fsp3) is 0.778. The van der Waals surface area contributed by atoms with Crippen LogP contribution >= 0.6 is 24.0 Å². The Kier molecular flexibility index (Phi) is 11.9. The van der Waals surface area contributed by atoms with E-state index < -0.39 is 0 Å². The maximum atomic E-state index is 5.88. The largest absolute Gasteiger partial charge is 0.381 e. The van der Waals surface area contributed by atoms with Gasteiger partial charge in [-0.3, -0.25) is 0 Å². The van der Waals surface area contributed by atoms with Crippen molar-refractivity contribution in [3.05, 3.63) is 17.5 Å². The summed E-state index contributed by atoms with van der Waals surface area (Å²) in [5.74, 6) is 1.93. The highest BCUT2D eigenvalue weighted by Crippen LogP contribution is 2.14. The summed E-state index contributed by atoms with van der Waals surface area (Å²) in [5.41, 5.74) is 0.966. The molecule has 2 heterocycles. The van der Waals surface area contributed by atoms with E-state index >= 15 is 0 Å². The molecule has 8 heteroatoms. The minimum absolute atomic E-state index is 0. The zero-order chi connectivity index (χ0) is 17.9. The molecule has 1 aromatic rings. The first-order chi connectivity index (χ1) is 12.2.